The van der Waals surface area contributed by atoms with Crippen LogP contribution < -0.4 is 10.9 Å². The van der Waals surface area contributed by atoms with Crippen molar-refractivity contribution in [3.05, 3.63) is 46.3 Å². The van der Waals surface area contributed by atoms with E-state index < -0.39 is 5.63 Å². The third-order valence-electron chi connectivity index (χ3n) is 4.29. The summed E-state index contributed by atoms with van der Waals surface area (Å²) in [6.07, 6.45) is 2.89. The Morgan fingerprint density at radius 3 is 2.95 bits per heavy atom. The van der Waals surface area contributed by atoms with E-state index in [-0.39, 0.29) is 17.5 Å². The van der Waals surface area contributed by atoms with Crippen LogP contribution in [0.2, 0.25) is 0 Å². The van der Waals surface area contributed by atoms with Gasteiger partial charge >= 0.3 is 5.63 Å². The molecule has 0 radical (unpaired) electrons. The van der Waals surface area contributed by atoms with Crippen LogP contribution in [-0.2, 0) is 0 Å². The molecule has 1 aliphatic heterocycles. The van der Waals surface area contributed by atoms with Gasteiger partial charge in [-0.15, -0.1) is 0 Å². The number of hydrogen-bond donors (Lipinski definition) is 1. The first-order valence-corrected chi connectivity index (χ1v) is 7.67. The molecule has 0 bridgehead atoms. The molecule has 3 rings (SSSR count). The molecule has 0 saturated carbocycles. The van der Waals surface area contributed by atoms with Crippen molar-refractivity contribution < 1.29 is 9.21 Å². The Hall–Kier alpha value is -2.14. The molecule has 1 aromatic heterocycles. The first-order chi connectivity index (χ1) is 10.7. The maximum absolute atomic E-state index is 12.7. The number of nitrogens with one attached hydrogen (secondary N) is 1. The van der Waals surface area contributed by atoms with Gasteiger partial charge in [0.25, 0.3) is 5.91 Å². The Bertz CT molecular complexity index is 730. The van der Waals surface area contributed by atoms with Crippen LogP contribution in [0.3, 0.4) is 0 Å². The average Bonchev–Trinajstić information content (AvgIpc) is 2.82. The van der Waals surface area contributed by atoms with Crippen LogP contribution >= 0.6 is 0 Å². The van der Waals surface area contributed by atoms with Gasteiger partial charge in [0.15, 0.2) is 0 Å². The van der Waals surface area contributed by atoms with Gasteiger partial charge in [-0.05, 0) is 44.5 Å². The van der Waals surface area contributed by atoms with Gasteiger partial charge in [-0.2, -0.15) is 0 Å². The second kappa shape index (κ2) is 6.32. The van der Waals surface area contributed by atoms with Crippen LogP contribution in [-0.4, -0.2) is 37.0 Å². The maximum Gasteiger partial charge on any atom is 0.349 e. The molecule has 1 aromatic carbocycles. The van der Waals surface area contributed by atoms with Gasteiger partial charge in [0, 0.05) is 18.5 Å². The summed E-state index contributed by atoms with van der Waals surface area (Å²) in [6.45, 7) is 1.88. The zero-order chi connectivity index (χ0) is 15.5. The smallest absolute Gasteiger partial charge is 0.349 e. The normalized spacial score (nSPS) is 18.9. The molecule has 1 N–H and O–H groups in total. The highest BCUT2D eigenvalue weighted by Crippen LogP contribution is 2.17. The zero-order valence-electron chi connectivity index (χ0n) is 12.7. The van der Waals surface area contributed by atoms with Crippen LogP contribution in [0.15, 0.2) is 39.5 Å². The van der Waals surface area contributed by atoms with E-state index in [0.717, 1.165) is 37.7 Å². The summed E-state index contributed by atoms with van der Waals surface area (Å²) in [5.74, 6) is -0.258. The fourth-order valence-corrected chi connectivity index (χ4v) is 2.95. The minimum atomic E-state index is -0.567. The molecule has 1 saturated heterocycles. The van der Waals surface area contributed by atoms with Crippen molar-refractivity contribution in [2.45, 2.75) is 25.3 Å². The predicted molar refractivity (Wildman–Crippen MR) is 85.1 cm³/mol. The third-order valence-corrected chi connectivity index (χ3v) is 4.29. The lowest BCUT2D eigenvalue weighted by Gasteiger charge is -2.26. The van der Waals surface area contributed by atoms with Crippen molar-refractivity contribution in [3.8, 4) is 0 Å². The molecule has 1 amide bonds. The molecule has 1 aliphatic rings. The molecule has 116 valence electrons. The van der Waals surface area contributed by atoms with Gasteiger partial charge < -0.3 is 14.6 Å². The van der Waals surface area contributed by atoms with E-state index in [2.05, 4.69) is 5.32 Å². The van der Waals surface area contributed by atoms with Crippen LogP contribution in [0.4, 0.5) is 0 Å². The number of carbonyl (C=O) groups excluding carboxylic acids is 1. The molecular weight excluding hydrogens is 280 g/mol. The largest absolute Gasteiger partial charge is 0.422 e. The Morgan fingerprint density at radius 2 is 2.09 bits per heavy atom. The van der Waals surface area contributed by atoms with Gasteiger partial charge in [0.2, 0.25) is 0 Å². The highest BCUT2D eigenvalue weighted by Gasteiger charge is 2.24. The van der Waals surface area contributed by atoms with E-state index in [1.807, 2.05) is 12.1 Å². The van der Waals surface area contributed by atoms with Crippen LogP contribution in [0, 0.1) is 0 Å². The molecule has 1 unspecified atom stereocenters. The molecule has 1 atom stereocenters. The lowest BCUT2D eigenvalue weighted by Crippen LogP contribution is -2.39. The number of amides is 1. The fraction of sp³-hybridized carbons (Fsp3) is 0.412. The Kier molecular flexibility index (Phi) is 4.24. The van der Waals surface area contributed by atoms with E-state index in [9.17, 15) is 9.59 Å². The van der Waals surface area contributed by atoms with E-state index in [1.165, 1.54) is 0 Å². The number of para-hydroxylation sites is 1. The Labute approximate surface area is 128 Å². The zero-order valence-corrected chi connectivity index (χ0v) is 12.7. The molecule has 1 fully saturated rings. The summed E-state index contributed by atoms with van der Waals surface area (Å²) < 4.78 is 5.26. The SMILES string of the molecule is CN(C(=O)c1cc2ccccc2oc1=O)C1CCCNCC1. The minimum absolute atomic E-state index is 0.110. The second-order valence-corrected chi connectivity index (χ2v) is 5.74. The summed E-state index contributed by atoms with van der Waals surface area (Å²) in [4.78, 5) is 26.5. The summed E-state index contributed by atoms with van der Waals surface area (Å²) in [5.41, 5.74) is 0.0473. The van der Waals surface area contributed by atoms with Crippen LogP contribution in [0.25, 0.3) is 11.0 Å². The molecule has 0 aliphatic carbocycles. The second-order valence-electron chi connectivity index (χ2n) is 5.74. The molecular formula is C17H20N2O3. The Morgan fingerprint density at radius 1 is 1.27 bits per heavy atom. The van der Waals surface area contributed by atoms with Gasteiger partial charge in [-0.25, -0.2) is 4.79 Å². The lowest BCUT2D eigenvalue weighted by atomic mass is 10.1. The summed E-state index contributed by atoms with van der Waals surface area (Å²) in [6, 6.07) is 9.02. The topological polar surface area (TPSA) is 62.6 Å². The van der Waals surface area contributed by atoms with Crippen molar-refractivity contribution >= 4 is 16.9 Å². The average molecular weight is 300 g/mol. The van der Waals surface area contributed by atoms with Crippen molar-refractivity contribution in [3.63, 3.8) is 0 Å². The van der Waals surface area contributed by atoms with Crippen LogP contribution in [0.1, 0.15) is 29.6 Å². The van der Waals surface area contributed by atoms with E-state index in [4.69, 9.17) is 4.42 Å². The Balaban J connectivity index is 1.90. The first kappa shape index (κ1) is 14.8. The first-order valence-electron chi connectivity index (χ1n) is 7.67. The summed E-state index contributed by atoms with van der Waals surface area (Å²) >= 11 is 0. The third kappa shape index (κ3) is 2.90. The van der Waals surface area contributed by atoms with Gasteiger partial charge in [0.05, 0.1) is 0 Å². The monoisotopic (exact) mass is 300 g/mol. The number of nitrogens with zero attached hydrogens (tertiary/aromatic N) is 1. The molecule has 5 heteroatoms. The number of fused-ring (bicyclic) bond motifs is 1. The molecule has 22 heavy (non-hydrogen) atoms. The molecule has 5 nitrogen and oxygen atoms in total. The number of rotatable bonds is 2. The van der Waals surface area contributed by atoms with E-state index in [0.29, 0.717) is 5.58 Å². The predicted octanol–water partition coefficient (Wildman–Crippen LogP) is 2.01. The molecule has 0 spiro atoms. The standard InChI is InChI=1S/C17H20N2O3/c1-19(13-6-4-9-18-10-8-13)16(20)14-11-12-5-2-3-7-15(12)22-17(14)21/h2-3,5,7,11,13,18H,4,6,8-10H2,1H3. The number of carbonyl (C=O) groups is 1. The van der Waals surface area contributed by atoms with Gasteiger partial charge in [-0.3, -0.25) is 4.79 Å². The van der Waals surface area contributed by atoms with Gasteiger partial charge in [-0.1, -0.05) is 18.2 Å². The van der Waals surface area contributed by atoms with Crippen molar-refractivity contribution in [2.75, 3.05) is 20.1 Å². The minimum Gasteiger partial charge on any atom is -0.422 e. The molecule has 2 heterocycles. The summed E-state index contributed by atoms with van der Waals surface area (Å²) in [5, 5.41) is 4.09. The lowest BCUT2D eigenvalue weighted by molar-refractivity contribution is 0.0716. The highest BCUT2D eigenvalue weighted by molar-refractivity contribution is 5.96. The number of hydrogen-bond acceptors (Lipinski definition) is 4. The van der Waals surface area contributed by atoms with Crippen molar-refractivity contribution in [2.24, 2.45) is 0 Å². The molecule has 2 aromatic rings. The summed E-state index contributed by atoms with van der Waals surface area (Å²) in [7, 11) is 1.77. The van der Waals surface area contributed by atoms with Crippen molar-refractivity contribution in [1.29, 1.82) is 0 Å². The maximum atomic E-state index is 12.7. The van der Waals surface area contributed by atoms with Gasteiger partial charge in [0.1, 0.15) is 11.1 Å². The quantitative estimate of drug-likeness (QED) is 0.862. The number of benzene rings is 1. The van der Waals surface area contributed by atoms with E-state index >= 15 is 0 Å². The van der Waals surface area contributed by atoms with E-state index in [1.54, 1.807) is 30.1 Å². The van der Waals surface area contributed by atoms with Crippen LogP contribution in [0.5, 0.6) is 0 Å². The highest BCUT2D eigenvalue weighted by atomic mass is 16.4. The van der Waals surface area contributed by atoms with Crippen molar-refractivity contribution in [1.82, 2.24) is 10.2 Å². The fourth-order valence-electron chi connectivity index (χ4n) is 2.95.